The summed E-state index contributed by atoms with van der Waals surface area (Å²) in [6.45, 7) is 2.42. The Morgan fingerprint density at radius 2 is 1.94 bits per heavy atom. The molecule has 0 bridgehead atoms. The Balaban J connectivity index is 1.71. The van der Waals surface area contributed by atoms with E-state index in [4.69, 9.17) is 16.2 Å². The molecule has 3 rings (SSSR count). The van der Waals surface area contributed by atoms with Gasteiger partial charge in [-0.1, -0.05) is 36.8 Å². The van der Waals surface area contributed by atoms with Gasteiger partial charge in [0.2, 0.25) is 0 Å². The van der Waals surface area contributed by atoms with Gasteiger partial charge in [0.1, 0.15) is 12.3 Å². The van der Waals surface area contributed by atoms with Crippen molar-refractivity contribution in [3.05, 3.63) is 59.2 Å². The topological polar surface area (TPSA) is 120 Å². The van der Waals surface area contributed by atoms with Crippen LogP contribution < -0.4 is 16.0 Å². The molecule has 1 aliphatic rings. The maximum absolute atomic E-state index is 12.8. The van der Waals surface area contributed by atoms with E-state index in [0.717, 1.165) is 35.3 Å². The highest BCUT2D eigenvalue weighted by molar-refractivity contribution is 6.02. The number of carboxylic acids is 1. The third-order valence-corrected chi connectivity index (χ3v) is 6.25. The second-order valence-corrected chi connectivity index (χ2v) is 8.44. The van der Waals surface area contributed by atoms with Crippen molar-refractivity contribution in [3.8, 4) is 11.8 Å². The number of likely N-dealkylation sites (N-methyl/N-ethyl adjacent to an activating group) is 1. The highest BCUT2D eigenvalue weighted by Gasteiger charge is 2.45. The monoisotopic (exact) mass is 446 g/mol. The zero-order chi connectivity index (χ0) is 24.0. The fraction of sp³-hybridized carbons (Fsp3) is 0.346. The number of nitrogens with one attached hydrogen (secondary N) is 2. The number of amidine groups is 1. The molecule has 0 radical (unpaired) electrons. The second-order valence-electron chi connectivity index (χ2n) is 8.44. The minimum atomic E-state index is -1.08. The Kier molecular flexibility index (Phi) is 7.39. The van der Waals surface area contributed by atoms with E-state index < -0.39 is 17.9 Å². The normalized spacial score (nSPS) is 14.1. The van der Waals surface area contributed by atoms with E-state index in [1.807, 2.05) is 55.3 Å². The van der Waals surface area contributed by atoms with Gasteiger partial charge in [0.15, 0.2) is 5.78 Å². The van der Waals surface area contributed by atoms with Crippen LogP contribution in [0, 0.1) is 24.2 Å². The van der Waals surface area contributed by atoms with Crippen molar-refractivity contribution in [2.75, 3.05) is 23.8 Å². The molecule has 0 heterocycles. The van der Waals surface area contributed by atoms with Gasteiger partial charge < -0.3 is 21.1 Å². The van der Waals surface area contributed by atoms with Crippen LogP contribution in [0.25, 0.3) is 0 Å². The number of carbonyl (C=O) groups excluding carboxylic acids is 1. The second kappa shape index (κ2) is 10.2. The average Bonchev–Trinajstić information content (AvgIpc) is 3.27. The number of nitrogens with two attached hydrogens (primary N) is 1. The molecule has 172 valence electrons. The summed E-state index contributed by atoms with van der Waals surface area (Å²) in [5.74, 6) is 4.96. The van der Waals surface area contributed by atoms with Crippen molar-refractivity contribution >= 4 is 29.0 Å². The minimum Gasteiger partial charge on any atom is -0.481 e. The zero-order valence-corrected chi connectivity index (χ0v) is 19.1. The number of benzene rings is 2. The highest BCUT2D eigenvalue weighted by atomic mass is 16.4. The standard InChI is InChI=1S/C26H30N4O3/c1-18-15-19(7-6-14-29-21-9-5-8-20(16-21)25(27)28)10-11-22(18)30(2)26(12-3-4-13-26)23(31)17-24(32)33/h5,8-11,15-16,29H,3-4,12-14,17H2,1-2H3,(H3,27,28)(H,32,33). The highest BCUT2D eigenvalue weighted by Crippen LogP contribution is 2.40. The summed E-state index contributed by atoms with van der Waals surface area (Å²) in [5, 5.41) is 19.9. The molecule has 0 aliphatic heterocycles. The number of anilines is 2. The third-order valence-electron chi connectivity index (χ3n) is 6.25. The molecular weight excluding hydrogens is 416 g/mol. The largest absolute Gasteiger partial charge is 0.481 e. The van der Waals surface area contributed by atoms with Crippen molar-refractivity contribution in [2.45, 2.75) is 44.6 Å². The number of hydrogen-bond acceptors (Lipinski definition) is 5. The van der Waals surface area contributed by atoms with E-state index >= 15 is 0 Å². The molecular formula is C26H30N4O3. The van der Waals surface area contributed by atoms with Crippen molar-refractivity contribution in [2.24, 2.45) is 5.73 Å². The fourth-order valence-electron chi connectivity index (χ4n) is 4.49. The van der Waals surface area contributed by atoms with Crippen LogP contribution in [0.2, 0.25) is 0 Å². The van der Waals surface area contributed by atoms with Crippen LogP contribution >= 0.6 is 0 Å². The summed E-state index contributed by atoms with van der Waals surface area (Å²) in [6.07, 6.45) is 2.73. The number of rotatable bonds is 8. The van der Waals surface area contributed by atoms with Crippen LogP contribution in [0.15, 0.2) is 42.5 Å². The lowest BCUT2D eigenvalue weighted by Gasteiger charge is -2.39. The first-order valence-corrected chi connectivity index (χ1v) is 11.0. The molecule has 0 aromatic heterocycles. The maximum atomic E-state index is 12.8. The number of hydrogen-bond donors (Lipinski definition) is 4. The molecule has 0 spiro atoms. The van der Waals surface area contributed by atoms with E-state index in [2.05, 4.69) is 17.2 Å². The number of aryl methyl sites for hydroxylation is 1. The number of nitrogen functional groups attached to an aromatic ring is 1. The maximum Gasteiger partial charge on any atom is 0.310 e. The zero-order valence-electron chi connectivity index (χ0n) is 19.1. The van der Waals surface area contributed by atoms with Crippen molar-refractivity contribution in [1.82, 2.24) is 0 Å². The summed E-state index contributed by atoms with van der Waals surface area (Å²) in [6, 6.07) is 13.2. The molecule has 1 saturated carbocycles. The van der Waals surface area contributed by atoms with Gasteiger partial charge in [-0.2, -0.15) is 0 Å². The quantitative estimate of drug-likeness (QED) is 0.213. The molecule has 0 amide bonds. The lowest BCUT2D eigenvalue weighted by Crippen LogP contribution is -2.52. The van der Waals surface area contributed by atoms with Crippen molar-refractivity contribution in [3.63, 3.8) is 0 Å². The SMILES string of the molecule is Cc1cc(C#CCNc2cccc(C(=N)N)c2)ccc1N(C)C1(C(=O)CC(=O)O)CCCC1. The van der Waals surface area contributed by atoms with Gasteiger partial charge in [0.05, 0.1) is 12.1 Å². The van der Waals surface area contributed by atoms with Crippen LogP contribution in [-0.4, -0.2) is 41.8 Å². The first-order chi connectivity index (χ1) is 15.7. The lowest BCUT2D eigenvalue weighted by atomic mass is 9.87. The van der Waals surface area contributed by atoms with Crippen LogP contribution in [-0.2, 0) is 9.59 Å². The Morgan fingerprint density at radius 1 is 1.21 bits per heavy atom. The Hall–Kier alpha value is -3.79. The summed E-state index contributed by atoms with van der Waals surface area (Å²) < 4.78 is 0. The van der Waals surface area contributed by atoms with E-state index in [-0.39, 0.29) is 11.6 Å². The Bertz CT molecular complexity index is 1120. The number of carboxylic acid groups (broad SMARTS) is 1. The smallest absolute Gasteiger partial charge is 0.310 e. The van der Waals surface area contributed by atoms with Crippen LogP contribution in [0.5, 0.6) is 0 Å². The Labute approximate surface area is 194 Å². The van der Waals surface area contributed by atoms with E-state index in [1.165, 1.54) is 0 Å². The average molecular weight is 447 g/mol. The van der Waals surface area contributed by atoms with Gasteiger partial charge in [-0.05, 0) is 55.7 Å². The minimum absolute atomic E-state index is 0.0225. The summed E-state index contributed by atoms with van der Waals surface area (Å²) in [5.41, 5.74) is 9.04. The van der Waals surface area contributed by atoms with Crippen LogP contribution in [0.4, 0.5) is 11.4 Å². The van der Waals surface area contributed by atoms with Crippen molar-refractivity contribution in [1.29, 1.82) is 5.41 Å². The third kappa shape index (κ3) is 5.53. The van der Waals surface area contributed by atoms with E-state index in [1.54, 1.807) is 6.07 Å². The molecule has 2 aromatic rings. The first-order valence-electron chi connectivity index (χ1n) is 11.0. The summed E-state index contributed by atoms with van der Waals surface area (Å²) in [4.78, 5) is 26.0. The molecule has 1 fully saturated rings. The molecule has 0 atom stereocenters. The van der Waals surface area contributed by atoms with Gasteiger partial charge in [-0.15, -0.1) is 0 Å². The number of ketones is 1. The van der Waals surface area contributed by atoms with Crippen molar-refractivity contribution < 1.29 is 14.7 Å². The number of nitrogens with zero attached hydrogens (tertiary/aromatic N) is 1. The number of Topliss-reactive ketones (excluding diaryl/α,β-unsaturated/α-hetero) is 1. The molecule has 2 aromatic carbocycles. The molecule has 0 unspecified atom stereocenters. The van der Waals surface area contributed by atoms with Gasteiger partial charge in [0.25, 0.3) is 0 Å². The lowest BCUT2D eigenvalue weighted by molar-refractivity contribution is -0.141. The van der Waals surface area contributed by atoms with Gasteiger partial charge in [-0.25, -0.2) is 0 Å². The number of carbonyl (C=O) groups is 2. The molecule has 7 nitrogen and oxygen atoms in total. The van der Waals surface area contributed by atoms with Gasteiger partial charge in [0, 0.05) is 29.5 Å². The summed E-state index contributed by atoms with van der Waals surface area (Å²) >= 11 is 0. The van der Waals surface area contributed by atoms with Gasteiger partial charge in [-0.3, -0.25) is 15.0 Å². The number of aliphatic carboxylic acids is 1. The molecule has 7 heteroatoms. The summed E-state index contributed by atoms with van der Waals surface area (Å²) in [7, 11) is 1.89. The first kappa shape index (κ1) is 23.9. The molecule has 33 heavy (non-hydrogen) atoms. The fourth-order valence-corrected chi connectivity index (χ4v) is 4.49. The molecule has 5 N–H and O–H groups in total. The van der Waals surface area contributed by atoms with E-state index in [9.17, 15) is 9.59 Å². The predicted molar refractivity (Wildman–Crippen MR) is 131 cm³/mol. The van der Waals surface area contributed by atoms with Crippen LogP contribution in [0.1, 0.15) is 48.8 Å². The predicted octanol–water partition coefficient (Wildman–Crippen LogP) is 3.54. The van der Waals surface area contributed by atoms with Gasteiger partial charge >= 0.3 is 5.97 Å². The van der Waals surface area contributed by atoms with E-state index in [0.29, 0.717) is 24.9 Å². The molecule has 0 saturated heterocycles. The Morgan fingerprint density at radius 3 is 2.58 bits per heavy atom. The molecule has 1 aliphatic carbocycles. The van der Waals surface area contributed by atoms with Crippen LogP contribution in [0.3, 0.4) is 0 Å².